The smallest absolute Gasteiger partial charge is 0.240 e. The Balaban J connectivity index is 1.68. The largest absolute Gasteiger partial charge is 0.248 e. The van der Waals surface area contributed by atoms with Gasteiger partial charge in [-0.3, -0.25) is 0 Å². The maximum atomic E-state index is 12.3. The van der Waals surface area contributed by atoms with Crippen LogP contribution in [0.2, 0.25) is 0 Å². The predicted molar refractivity (Wildman–Crippen MR) is 88.4 cm³/mol. The summed E-state index contributed by atoms with van der Waals surface area (Å²) in [5.74, 6) is 0.591. The second-order valence-corrected chi connectivity index (χ2v) is 8.19. The summed E-state index contributed by atoms with van der Waals surface area (Å²) in [5, 5.41) is 1.84. The molecule has 1 heterocycles. The fraction of sp³-hybridized carbons (Fsp3) is 0.438. The highest BCUT2D eigenvalue weighted by Crippen LogP contribution is 2.32. The summed E-state index contributed by atoms with van der Waals surface area (Å²) in [5.41, 5.74) is 3.70. The standard InChI is InChI=1S/C16H20N2O2S2/c19-22(20,18-10-15-11-21-12-17-15)16-8-6-14(7-9-16)13-4-2-1-3-5-13/h6-9,11-13,18H,1-5,10H2. The van der Waals surface area contributed by atoms with Gasteiger partial charge < -0.3 is 0 Å². The van der Waals surface area contributed by atoms with Gasteiger partial charge in [-0.2, -0.15) is 0 Å². The van der Waals surface area contributed by atoms with Crippen LogP contribution in [0.1, 0.15) is 49.3 Å². The van der Waals surface area contributed by atoms with Gasteiger partial charge in [0.25, 0.3) is 0 Å². The molecule has 6 heteroatoms. The molecule has 1 N–H and O–H groups in total. The van der Waals surface area contributed by atoms with E-state index in [0.717, 1.165) is 5.69 Å². The molecule has 2 aromatic rings. The van der Waals surface area contributed by atoms with Crippen LogP contribution in [-0.2, 0) is 16.6 Å². The van der Waals surface area contributed by atoms with Crippen LogP contribution in [-0.4, -0.2) is 13.4 Å². The third-order valence-electron chi connectivity index (χ3n) is 4.19. The van der Waals surface area contributed by atoms with Crippen LogP contribution in [0.5, 0.6) is 0 Å². The normalized spacial score (nSPS) is 16.7. The third kappa shape index (κ3) is 3.74. The van der Waals surface area contributed by atoms with E-state index in [1.807, 2.05) is 17.5 Å². The highest BCUT2D eigenvalue weighted by atomic mass is 32.2. The lowest BCUT2D eigenvalue weighted by atomic mass is 9.84. The van der Waals surface area contributed by atoms with Crippen LogP contribution < -0.4 is 4.72 Å². The van der Waals surface area contributed by atoms with Crippen LogP contribution in [0.4, 0.5) is 0 Å². The minimum atomic E-state index is -3.47. The molecule has 1 fully saturated rings. The summed E-state index contributed by atoms with van der Waals surface area (Å²) in [7, 11) is -3.47. The number of nitrogens with zero attached hydrogens (tertiary/aromatic N) is 1. The Morgan fingerprint density at radius 3 is 2.50 bits per heavy atom. The highest BCUT2D eigenvalue weighted by molar-refractivity contribution is 7.89. The van der Waals surface area contributed by atoms with E-state index in [2.05, 4.69) is 9.71 Å². The number of rotatable bonds is 5. The van der Waals surface area contributed by atoms with E-state index < -0.39 is 10.0 Å². The Bertz CT molecular complexity index is 688. The number of hydrogen-bond donors (Lipinski definition) is 1. The lowest BCUT2D eigenvalue weighted by Crippen LogP contribution is -2.23. The topological polar surface area (TPSA) is 59.1 Å². The molecule has 0 spiro atoms. The summed E-state index contributed by atoms with van der Waals surface area (Å²) in [6, 6.07) is 7.36. The Hall–Kier alpha value is -1.24. The van der Waals surface area contributed by atoms with Crippen molar-refractivity contribution >= 4 is 21.4 Å². The Labute approximate surface area is 135 Å². The van der Waals surface area contributed by atoms with E-state index >= 15 is 0 Å². The molecule has 0 bridgehead atoms. The summed E-state index contributed by atoms with van der Waals surface area (Å²) in [6.45, 7) is 0.232. The van der Waals surface area contributed by atoms with Gasteiger partial charge in [-0.1, -0.05) is 31.4 Å². The molecule has 1 aromatic carbocycles. The van der Waals surface area contributed by atoms with Crippen molar-refractivity contribution in [3.63, 3.8) is 0 Å². The van der Waals surface area contributed by atoms with Crippen LogP contribution >= 0.6 is 11.3 Å². The second-order valence-electron chi connectivity index (χ2n) is 5.71. The van der Waals surface area contributed by atoms with E-state index in [4.69, 9.17) is 0 Å². The molecule has 4 nitrogen and oxygen atoms in total. The summed E-state index contributed by atoms with van der Waals surface area (Å²) >= 11 is 1.46. The van der Waals surface area contributed by atoms with Gasteiger partial charge in [0.1, 0.15) is 0 Å². The van der Waals surface area contributed by atoms with Crippen LogP contribution in [0, 0.1) is 0 Å². The monoisotopic (exact) mass is 336 g/mol. The molecule has 0 aliphatic heterocycles. The molecule has 1 aromatic heterocycles. The second kappa shape index (κ2) is 6.89. The third-order valence-corrected chi connectivity index (χ3v) is 6.25. The van der Waals surface area contributed by atoms with E-state index in [9.17, 15) is 8.42 Å². The molecule has 1 aliphatic rings. The van der Waals surface area contributed by atoms with Gasteiger partial charge in [-0.05, 0) is 36.5 Å². The van der Waals surface area contributed by atoms with Crippen molar-refractivity contribution in [3.8, 4) is 0 Å². The van der Waals surface area contributed by atoms with Crippen molar-refractivity contribution in [2.75, 3.05) is 0 Å². The molecule has 0 unspecified atom stereocenters. The molecular formula is C16H20N2O2S2. The first-order chi connectivity index (χ1) is 10.6. The zero-order valence-corrected chi connectivity index (χ0v) is 14.0. The number of thiazole rings is 1. The first kappa shape index (κ1) is 15.6. The zero-order chi connectivity index (χ0) is 15.4. The molecule has 0 saturated heterocycles. The number of hydrogen-bond acceptors (Lipinski definition) is 4. The van der Waals surface area contributed by atoms with Crippen LogP contribution in [0.3, 0.4) is 0 Å². The van der Waals surface area contributed by atoms with Crippen molar-refractivity contribution in [2.45, 2.75) is 49.5 Å². The molecule has 0 amide bonds. The maximum absolute atomic E-state index is 12.3. The van der Waals surface area contributed by atoms with Crippen molar-refractivity contribution in [3.05, 3.63) is 46.4 Å². The van der Waals surface area contributed by atoms with Gasteiger partial charge in [0.05, 0.1) is 22.6 Å². The average molecular weight is 336 g/mol. The van der Waals surface area contributed by atoms with Gasteiger partial charge in [0.2, 0.25) is 10.0 Å². The fourth-order valence-corrected chi connectivity index (χ4v) is 4.49. The highest BCUT2D eigenvalue weighted by Gasteiger charge is 2.18. The van der Waals surface area contributed by atoms with E-state index in [1.165, 1.54) is 49.0 Å². The maximum Gasteiger partial charge on any atom is 0.240 e. The van der Waals surface area contributed by atoms with Crippen LogP contribution in [0.15, 0.2) is 40.1 Å². The molecule has 22 heavy (non-hydrogen) atoms. The molecule has 3 rings (SSSR count). The predicted octanol–water partition coefficient (Wildman–Crippen LogP) is 3.67. The van der Waals surface area contributed by atoms with Gasteiger partial charge in [-0.15, -0.1) is 11.3 Å². The van der Waals surface area contributed by atoms with Crippen molar-refractivity contribution < 1.29 is 8.42 Å². The van der Waals surface area contributed by atoms with Crippen molar-refractivity contribution in [1.82, 2.24) is 9.71 Å². The minimum Gasteiger partial charge on any atom is -0.248 e. The van der Waals surface area contributed by atoms with E-state index in [-0.39, 0.29) is 6.54 Å². The molecule has 1 saturated carbocycles. The first-order valence-electron chi connectivity index (χ1n) is 7.62. The molecule has 1 aliphatic carbocycles. The van der Waals surface area contributed by atoms with E-state index in [1.54, 1.807) is 17.6 Å². The fourth-order valence-electron chi connectivity index (χ4n) is 2.93. The average Bonchev–Trinajstić information content (AvgIpc) is 3.08. The number of benzene rings is 1. The summed E-state index contributed by atoms with van der Waals surface area (Å²) < 4.78 is 27.2. The zero-order valence-electron chi connectivity index (χ0n) is 12.4. The van der Waals surface area contributed by atoms with Crippen LogP contribution in [0.25, 0.3) is 0 Å². The van der Waals surface area contributed by atoms with Gasteiger partial charge >= 0.3 is 0 Å². The van der Waals surface area contributed by atoms with E-state index in [0.29, 0.717) is 10.8 Å². The Morgan fingerprint density at radius 1 is 1.14 bits per heavy atom. The summed E-state index contributed by atoms with van der Waals surface area (Å²) in [6.07, 6.45) is 6.31. The quantitative estimate of drug-likeness (QED) is 0.906. The summed E-state index contributed by atoms with van der Waals surface area (Å²) in [4.78, 5) is 4.40. The SMILES string of the molecule is O=S(=O)(NCc1cscn1)c1ccc(C2CCCCC2)cc1. The molecule has 118 valence electrons. The molecule has 0 radical (unpaired) electrons. The molecule has 0 atom stereocenters. The number of aromatic nitrogens is 1. The van der Waals surface area contributed by atoms with Crippen molar-refractivity contribution in [2.24, 2.45) is 0 Å². The van der Waals surface area contributed by atoms with Gasteiger partial charge in [0, 0.05) is 5.38 Å². The number of nitrogens with one attached hydrogen (secondary N) is 1. The lowest BCUT2D eigenvalue weighted by Gasteiger charge is -2.22. The number of sulfonamides is 1. The Kier molecular flexibility index (Phi) is 4.90. The van der Waals surface area contributed by atoms with Gasteiger partial charge in [-0.25, -0.2) is 18.1 Å². The van der Waals surface area contributed by atoms with Gasteiger partial charge in [0.15, 0.2) is 0 Å². The Morgan fingerprint density at radius 2 is 1.86 bits per heavy atom. The lowest BCUT2D eigenvalue weighted by molar-refractivity contribution is 0.443. The minimum absolute atomic E-state index is 0.232. The van der Waals surface area contributed by atoms with Crippen molar-refractivity contribution in [1.29, 1.82) is 0 Å². The molecular weight excluding hydrogens is 316 g/mol. The first-order valence-corrected chi connectivity index (χ1v) is 10.0.